The highest BCUT2D eigenvalue weighted by atomic mass is 16.5. The highest BCUT2D eigenvalue weighted by Crippen LogP contribution is 2.44. The van der Waals surface area contributed by atoms with Crippen LogP contribution in [-0.2, 0) is 4.74 Å². The van der Waals surface area contributed by atoms with Crippen molar-refractivity contribution in [1.29, 1.82) is 0 Å². The molecule has 1 saturated heterocycles. The van der Waals surface area contributed by atoms with Crippen LogP contribution in [0.25, 0.3) is 0 Å². The predicted octanol–water partition coefficient (Wildman–Crippen LogP) is 0.458. The molecule has 2 N–H and O–H groups in total. The molecule has 18 heavy (non-hydrogen) atoms. The Hall–Kier alpha value is -0.160. The van der Waals surface area contributed by atoms with E-state index in [1.807, 2.05) is 0 Å². The van der Waals surface area contributed by atoms with Crippen LogP contribution in [0.3, 0.4) is 0 Å². The van der Waals surface area contributed by atoms with Crippen LogP contribution >= 0.6 is 0 Å². The quantitative estimate of drug-likeness (QED) is 0.748. The van der Waals surface area contributed by atoms with Crippen molar-refractivity contribution in [3.05, 3.63) is 0 Å². The largest absolute Gasteiger partial charge is 0.390 e. The minimum atomic E-state index is -0.234. The Kier molecular flexibility index (Phi) is 4.19. The summed E-state index contributed by atoms with van der Waals surface area (Å²) in [6.07, 6.45) is 5.38. The van der Waals surface area contributed by atoms with Gasteiger partial charge in [-0.05, 0) is 31.1 Å². The maximum absolute atomic E-state index is 10.1. The van der Waals surface area contributed by atoms with Crippen LogP contribution in [0.5, 0.6) is 0 Å². The van der Waals surface area contributed by atoms with Crippen molar-refractivity contribution in [3.63, 3.8) is 0 Å². The Balaban J connectivity index is 1.35. The summed E-state index contributed by atoms with van der Waals surface area (Å²) in [5.41, 5.74) is 0. The molecule has 3 rings (SSSR count). The smallest absolute Gasteiger partial charge is 0.0791 e. The van der Waals surface area contributed by atoms with Crippen molar-refractivity contribution >= 4 is 0 Å². The molecular formula is C14H26N2O2. The molecule has 0 spiro atoms. The van der Waals surface area contributed by atoms with Crippen molar-refractivity contribution in [2.75, 3.05) is 39.4 Å². The first kappa shape index (κ1) is 12.9. The van der Waals surface area contributed by atoms with Crippen LogP contribution in [0.4, 0.5) is 0 Å². The van der Waals surface area contributed by atoms with E-state index in [2.05, 4.69) is 10.2 Å². The molecule has 1 heterocycles. The van der Waals surface area contributed by atoms with Gasteiger partial charge in [-0.15, -0.1) is 0 Å². The van der Waals surface area contributed by atoms with Crippen molar-refractivity contribution in [1.82, 2.24) is 10.2 Å². The van der Waals surface area contributed by atoms with Gasteiger partial charge in [0.05, 0.1) is 19.3 Å². The summed E-state index contributed by atoms with van der Waals surface area (Å²) in [6, 6.07) is 0.683. The van der Waals surface area contributed by atoms with Crippen LogP contribution in [0, 0.1) is 11.8 Å². The molecule has 2 bridgehead atoms. The van der Waals surface area contributed by atoms with Gasteiger partial charge in [-0.3, -0.25) is 4.90 Å². The summed E-state index contributed by atoms with van der Waals surface area (Å²) in [4.78, 5) is 2.30. The van der Waals surface area contributed by atoms with Gasteiger partial charge in [0.25, 0.3) is 0 Å². The zero-order chi connectivity index (χ0) is 12.4. The Morgan fingerprint density at radius 2 is 2.06 bits per heavy atom. The van der Waals surface area contributed by atoms with E-state index in [9.17, 15) is 5.11 Å². The molecule has 0 aromatic carbocycles. The molecule has 3 aliphatic rings. The third kappa shape index (κ3) is 3.05. The highest BCUT2D eigenvalue weighted by molar-refractivity contribution is 4.94. The summed E-state index contributed by atoms with van der Waals surface area (Å²) in [5.74, 6) is 1.87. The molecular weight excluding hydrogens is 228 g/mol. The predicted molar refractivity (Wildman–Crippen MR) is 70.5 cm³/mol. The first-order chi connectivity index (χ1) is 8.81. The number of aliphatic hydroxyl groups excluding tert-OH is 1. The molecule has 4 nitrogen and oxygen atoms in total. The highest BCUT2D eigenvalue weighted by Gasteiger charge is 2.39. The Morgan fingerprint density at radius 3 is 2.72 bits per heavy atom. The number of fused-ring (bicyclic) bond motifs is 2. The van der Waals surface area contributed by atoms with E-state index in [0.717, 1.165) is 51.2 Å². The van der Waals surface area contributed by atoms with Crippen molar-refractivity contribution < 1.29 is 9.84 Å². The van der Waals surface area contributed by atoms with E-state index in [1.165, 1.54) is 25.7 Å². The Labute approximate surface area is 110 Å². The lowest BCUT2D eigenvalue weighted by Gasteiger charge is -2.30. The Morgan fingerprint density at radius 1 is 1.22 bits per heavy atom. The second-order valence-electron chi connectivity index (χ2n) is 6.26. The fraction of sp³-hybridized carbons (Fsp3) is 1.00. The molecule has 1 aliphatic heterocycles. The van der Waals surface area contributed by atoms with Gasteiger partial charge in [-0.25, -0.2) is 0 Å². The Bertz CT molecular complexity index is 269. The fourth-order valence-corrected chi connectivity index (χ4v) is 3.93. The van der Waals surface area contributed by atoms with E-state index in [0.29, 0.717) is 6.04 Å². The molecule has 2 saturated carbocycles. The van der Waals surface area contributed by atoms with E-state index in [-0.39, 0.29) is 6.10 Å². The summed E-state index contributed by atoms with van der Waals surface area (Å²) in [6.45, 7) is 5.10. The van der Waals surface area contributed by atoms with Crippen molar-refractivity contribution in [2.24, 2.45) is 11.8 Å². The molecule has 4 atom stereocenters. The van der Waals surface area contributed by atoms with Gasteiger partial charge in [-0.2, -0.15) is 0 Å². The SMILES string of the molecule is OC(CNC1CC2CCC1C2)CN1CCOCC1. The van der Waals surface area contributed by atoms with Gasteiger partial charge >= 0.3 is 0 Å². The van der Waals surface area contributed by atoms with Crippen LogP contribution in [0.1, 0.15) is 25.7 Å². The van der Waals surface area contributed by atoms with Crippen molar-refractivity contribution in [2.45, 2.75) is 37.8 Å². The van der Waals surface area contributed by atoms with E-state index in [4.69, 9.17) is 4.74 Å². The number of aliphatic hydroxyl groups is 1. The van der Waals surface area contributed by atoms with Crippen LogP contribution in [0.15, 0.2) is 0 Å². The second kappa shape index (κ2) is 5.87. The van der Waals surface area contributed by atoms with Gasteiger partial charge in [0.2, 0.25) is 0 Å². The topological polar surface area (TPSA) is 44.7 Å². The maximum atomic E-state index is 10.1. The molecule has 4 unspecified atom stereocenters. The number of rotatable bonds is 5. The zero-order valence-corrected chi connectivity index (χ0v) is 11.2. The lowest BCUT2D eigenvalue weighted by atomic mass is 9.95. The molecule has 0 radical (unpaired) electrons. The third-order valence-corrected chi connectivity index (χ3v) is 4.93. The van der Waals surface area contributed by atoms with Gasteiger partial charge in [0.15, 0.2) is 0 Å². The van der Waals surface area contributed by atoms with Gasteiger partial charge < -0.3 is 15.2 Å². The average Bonchev–Trinajstić information content (AvgIpc) is 3.00. The summed E-state index contributed by atoms with van der Waals surface area (Å²) in [7, 11) is 0. The van der Waals surface area contributed by atoms with Crippen LogP contribution < -0.4 is 5.32 Å². The summed E-state index contributed by atoms with van der Waals surface area (Å²) >= 11 is 0. The van der Waals surface area contributed by atoms with E-state index >= 15 is 0 Å². The lowest BCUT2D eigenvalue weighted by Crippen LogP contribution is -2.46. The van der Waals surface area contributed by atoms with Gasteiger partial charge in [-0.1, -0.05) is 6.42 Å². The average molecular weight is 254 g/mol. The van der Waals surface area contributed by atoms with Gasteiger partial charge in [0, 0.05) is 32.2 Å². The number of ether oxygens (including phenoxy) is 1. The maximum Gasteiger partial charge on any atom is 0.0791 e. The minimum Gasteiger partial charge on any atom is -0.390 e. The van der Waals surface area contributed by atoms with E-state index < -0.39 is 0 Å². The van der Waals surface area contributed by atoms with Crippen LogP contribution in [-0.4, -0.2) is 61.5 Å². The molecule has 3 fully saturated rings. The molecule has 0 aromatic rings. The number of nitrogens with one attached hydrogen (secondary N) is 1. The molecule has 0 amide bonds. The normalized spacial score (nSPS) is 38.2. The number of hydrogen-bond acceptors (Lipinski definition) is 4. The monoisotopic (exact) mass is 254 g/mol. The minimum absolute atomic E-state index is 0.234. The number of nitrogens with zero attached hydrogens (tertiary/aromatic N) is 1. The zero-order valence-electron chi connectivity index (χ0n) is 11.2. The van der Waals surface area contributed by atoms with E-state index in [1.54, 1.807) is 0 Å². The summed E-state index contributed by atoms with van der Waals surface area (Å²) < 4.78 is 5.32. The first-order valence-corrected chi connectivity index (χ1v) is 7.53. The van der Waals surface area contributed by atoms with Crippen LogP contribution in [0.2, 0.25) is 0 Å². The standard InChI is InChI=1S/C14H26N2O2/c17-13(10-16-3-5-18-6-4-16)9-15-14-8-11-1-2-12(14)7-11/h11-15,17H,1-10H2. The second-order valence-corrected chi connectivity index (χ2v) is 6.26. The fourth-order valence-electron chi connectivity index (χ4n) is 3.93. The summed E-state index contributed by atoms with van der Waals surface area (Å²) in [5, 5.41) is 13.7. The molecule has 4 heteroatoms. The number of morpholine rings is 1. The molecule has 2 aliphatic carbocycles. The molecule has 0 aromatic heterocycles. The molecule has 104 valence electrons. The number of hydrogen-bond donors (Lipinski definition) is 2. The number of β-amino-alcohol motifs (C(OH)–C–C–N with tert-alkyl or cyclic N) is 1. The van der Waals surface area contributed by atoms with Gasteiger partial charge in [0.1, 0.15) is 0 Å². The van der Waals surface area contributed by atoms with Crippen molar-refractivity contribution in [3.8, 4) is 0 Å². The first-order valence-electron chi connectivity index (χ1n) is 7.53. The third-order valence-electron chi connectivity index (χ3n) is 4.93. The lowest BCUT2D eigenvalue weighted by molar-refractivity contribution is 0.0141.